The normalized spacial score (nSPS) is 36.6. The predicted molar refractivity (Wildman–Crippen MR) is 62.6 cm³/mol. The number of nitrogens with one attached hydrogen (secondary N) is 1. The molecule has 2 heterocycles. The Labute approximate surface area is 110 Å². The maximum absolute atomic E-state index is 13.3. The van der Waals surface area contributed by atoms with Crippen LogP contribution in [0.3, 0.4) is 0 Å². The van der Waals surface area contributed by atoms with E-state index in [0.29, 0.717) is 0 Å². The van der Waals surface area contributed by atoms with Gasteiger partial charge in [-0.1, -0.05) is 0 Å². The zero-order chi connectivity index (χ0) is 14.3. The summed E-state index contributed by atoms with van der Waals surface area (Å²) in [4.78, 5) is 13.7. The number of amides is 1. The molecule has 1 N–H and O–H groups in total. The number of carbonyl (C=O) groups excluding carboxylic acids is 1. The summed E-state index contributed by atoms with van der Waals surface area (Å²) in [7, 11) is 0. The molecule has 0 radical (unpaired) electrons. The topological polar surface area (TPSA) is 41.6 Å². The third-order valence-corrected chi connectivity index (χ3v) is 3.81. The number of rotatable bonds is 1. The molecule has 19 heavy (non-hydrogen) atoms. The molecule has 0 aromatic carbocycles. The molecule has 3 unspecified atom stereocenters. The van der Waals surface area contributed by atoms with Gasteiger partial charge in [-0.15, -0.1) is 0 Å². The Balaban J connectivity index is 2.21. The Morgan fingerprint density at radius 1 is 1.32 bits per heavy atom. The Morgan fingerprint density at radius 2 is 1.89 bits per heavy atom. The van der Waals surface area contributed by atoms with Crippen molar-refractivity contribution < 1.29 is 22.7 Å². The second kappa shape index (κ2) is 4.94. The van der Waals surface area contributed by atoms with E-state index in [1.165, 1.54) is 4.90 Å². The van der Waals surface area contributed by atoms with Crippen LogP contribution in [0.4, 0.5) is 13.2 Å². The first-order chi connectivity index (χ1) is 8.76. The number of hydrogen-bond acceptors (Lipinski definition) is 3. The highest BCUT2D eigenvalue weighted by atomic mass is 19.4. The molecule has 0 aliphatic carbocycles. The summed E-state index contributed by atoms with van der Waals surface area (Å²) in [5.74, 6) is -0.813. The van der Waals surface area contributed by atoms with Crippen LogP contribution < -0.4 is 5.32 Å². The van der Waals surface area contributed by atoms with Crippen LogP contribution in [0.1, 0.15) is 20.3 Å². The van der Waals surface area contributed by atoms with Crippen molar-refractivity contribution in [2.75, 3.05) is 26.2 Å². The van der Waals surface area contributed by atoms with E-state index in [9.17, 15) is 18.0 Å². The van der Waals surface area contributed by atoms with Crippen molar-refractivity contribution in [3.8, 4) is 0 Å². The van der Waals surface area contributed by atoms with E-state index in [1.54, 1.807) is 13.8 Å². The van der Waals surface area contributed by atoms with Gasteiger partial charge in [0, 0.05) is 19.6 Å². The van der Waals surface area contributed by atoms with Crippen molar-refractivity contribution in [1.82, 2.24) is 10.2 Å². The standard InChI is InChI=1S/C12H19F3N2O2/c1-8-5-17(6-9(2)19-8)10(18)11(12(13,14)15)3-4-16-7-11/h8-9,16H,3-7H2,1-2H3. The van der Waals surface area contributed by atoms with E-state index < -0.39 is 17.5 Å². The number of morpholine rings is 1. The van der Waals surface area contributed by atoms with Gasteiger partial charge in [0.1, 0.15) is 0 Å². The van der Waals surface area contributed by atoms with Gasteiger partial charge >= 0.3 is 6.18 Å². The summed E-state index contributed by atoms with van der Waals surface area (Å²) < 4.78 is 45.3. The lowest BCUT2D eigenvalue weighted by atomic mass is 9.84. The van der Waals surface area contributed by atoms with Gasteiger partial charge in [0.15, 0.2) is 5.41 Å². The minimum atomic E-state index is -4.52. The molecule has 2 aliphatic rings. The fourth-order valence-electron chi connectivity index (χ4n) is 2.88. The van der Waals surface area contributed by atoms with Crippen LogP contribution in [0.15, 0.2) is 0 Å². The quantitative estimate of drug-likeness (QED) is 0.784. The Bertz CT molecular complexity index is 343. The van der Waals surface area contributed by atoms with E-state index in [2.05, 4.69) is 5.32 Å². The van der Waals surface area contributed by atoms with Crippen molar-refractivity contribution in [3.63, 3.8) is 0 Å². The molecule has 3 atom stereocenters. The number of alkyl halides is 3. The number of nitrogens with zero attached hydrogens (tertiary/aromatic N) is 1. The molecule has 4 nitrogen and oxygen atoms in total. The fourth-order valence-corrected chi connectivity index (χ4v) is 2.88. The first-order valence-corrected chi connectivity index (χ1v) is 6.48. The summed E-state index contributed by atoms with van der Waals surface area (Å²) in [5, 5.41) is 2.66. The molecule has 0 aromatic heterocycles. The van der Waals surface area contributed by atoms with Crippen LogP contribution in [-0.2, 0) is 9.53 Å². The zero-order valence-electron chi connectivity index (χ0n) is 11.1. The van der Waals surface area contributed by atoms with E-state index in [1.807, 2.05) is 0 Å². The van der Waals surface area contributed by atoms with Crippen molar-refractivity contribution >= 4 is 5.91 Å². The lowest BCUT2D eigenvalue weighted by Gasteiger charge is -2.40. The molecule has 0 bridgehead atoms. The average molecular weight is 280 g/mol. The van der Waals surface area contributed by atoms with Crippen LogP contribution in [0.2, 0.25) is 0 Å². The molecule has 2 fully saturated rings. The largest absolute Gasteiger partial charge is 0.404 e. The van der Waals surface area contributed by atoms with Crippen LogP contribution in [0, 0.1) is 5.41 Å². The van der Waals surface area contributed by atoms with Gasteiger partial charge in [-0.2, -0.15) is 13.2 Å². The molecule has 110 valence electrons. The number of halogens is 3. The van der Waals surface area contributed by atoms with Gasteiger partial charge in [0.25, 0.3) is 0 Å². The molecule has 0 aromatic rings. The maximum Gasteiger partial charge on any atom is 0.404 e. The van der Waals surface area contributed by atoms with Gasteiger partial charge in [-0.05, 0) is 26.8 Å². The van der Waals surface area contributed by atoms with Gasteiger partial charge in [0.05, 0.1) is 12.2 Å². The molecule has 2 rings (SSSR count). The summed E-state index contributed by atoms with van der Waals surface area (Å²) in [6.07, 6.45) is -5.16. The van der Waals surface area contributed by atoms with Crippen LogP contribution in [0.25, 0.3) is 0 Å². The highest BCUT2D eigenvalue weighted by molar-refractivity contribution is 5.84. The Hall–Kier alpha value is -0.820. The summed E-state index contributed by atoms with van der Waals surface area (Å²) in [5.41, 5.74) is -2.26. The lowest BCUT2D eigenvalue weighted by molar-refractivity contribution is -0.225. The number of hydrogen-bond donors (Lipinski definition) is 1. The molecule has 2 aliphatic heterocycles. The highest BCUT2D eigenvalue weighted by Crippen LogP contribution is 2.44. The van der Waals surface area contributed by atoms with Crippen molar-refractivity contribution in [3.05, 3.63) is 0 Å². The average Bonchev–Trinajstić information content (AvgIpc) is 2.76. The first-order valence-electron chi connectivity index (χ1n) is 6.48. The summed E-state index contributed by atoms with van der Waals surface area (Å²) in [6, 6.07) is 0. The predicted octanol–water partition coefficient (Wildman–Crippen LogP) is 1.16. The van der Waals surface area contributed by atoms with Crippen molar-refractivity contribution in [2.45, 2.75) is 38.7 Å². The summed E-state index contributed by atoms with van der Waals surface area (Å²) in [6.45, 7) is 3.88. The highest BCUT2D eigenvalue weighted by Gasteiger charge is 2.62. The molecule has 0 saturated carbocycles. The Kier molecular flexibility index (Phi) is 3.79. The molecular weight excluding hydrogens is 261 g/mol. The zero-order valence-corrected chi connectivity index (χ0v) is 11.1. The van der Waals surface area contributed by atoms with Gasteiger partial charge in [0.2, 0.25) is 5.91 Å². The molecule has 1 amide bonds. The third kappa shape index (κ3) is 2.58. The molecule has 7 heteroatoms. The van der Waals surface area contributed by atoms with Gasteiger partial charge in [-0.3, -0.25) is 4.79 Å². The third-order valence-electron chi connectivity index (χ3n) is 3.81. The minimum Gasteiger partial charge on any atom is -0.372 e. The molecular formula is C12H19F3N2O2. The molecule has 0 spiro atoms. The summed E-state index contributed by atoms with van der Waals surface area (Å²) >= 11 is 0. The van der Waals surface area contributed by atoms with Gasteiger partial charge < -0.3 is 15.0 Å². The van der Waals surface area contributed by atoms with E-state index in [4.69, 9.17) is 4.74 Å². The number of ether oxygens (including phenoxy) is 1. The van der Waals surface area contributed by atoms with E-state index >= 15 is 0 Å². The van der Waals surface area contributed by atoms with Gasteiger partial charge in [-0.25, -0.2) is 0 Å². The fraction of sp³-hybridized carbons (Fsp3) is 0.917. The van der Waals surface area contributed by atoms with E-state index in [0.717, 1.165) is 0 Å². The SMILES string of the molecule is CC1CN(C(=O)C2(C(F)(F)F)CCNC2)CC(C)O1. The molecule has 2 saturated heterocycles. The number of carbonyl (C=O) groups is 1. The van der Waals surface area contributed by atoms with Crippen molar-refractivity contribution in [2.24, 2.45) is 5.41 Å². The maximum atomic E-state index is 13.3. The smallest absolute Gasteiger partial charge is 0.372 e. The van der Waals surface area contributed by atoms with E-state index in [-0.39, 0.29) is 44.8 Å². The second-order valence-corrected chi connectivity index (χ2v) is 5.47. The monoisotopic (exact) mass is 280 g/mol. The van der Waals surface area contributed by atoms with Crippen LogP contribution in [-0.4, -0.2) is 55.4 Å². The Morgan fingerprint density at radius 3 is 2.32 bits per heavy atom. The van der Waals surface area contributed by atoms with Crippen LogP contribution >= 0.6 is 0 Å². The van der Waals surface area contributed by atoms with Crippen molar-refractivity contribution in [1.29, 1.82) is 0 Å². The first kappa shape index (κ1) is 14.6. The second-order valence-electron chi connectivity index (χ2n) is 5.47. The van der Waals surface area contributed by atoms with Crippen LogP contribution in [0.5, 0.6) is 0 Å². The minimum absolute atomic E-state index is 0.185. The lowest BCUT2D eigenvalue weighted by Crippen LogP contribution is -2.58.